The Morgan fingerprint density at radius 2 is 2.41 bits per heavy atom. The minimum atomic E-state index is -1.08. The van der Waals surface area contributed by atoms with E-state index in [4.69, 9.17) is 9.84 Å². The lowest BCUT2D eigenvalue weighted by Crippen LogP contribution is -2.50. The molecule has 0 spiro atoms. The average molecular weight is 256 g/mol. The Bertz CT molecular complexity index is 459. The third kappa shape index (κ3) is 2.16. The van der Waals surface area contributed by atoms with Crippen molar-refractivity contribution in [2.45, 2.75) is 19.1 Å². The Balaban J connectivity index is 2.36. The summed E-state index contributed by atoms with van der Waals surface area (Å²) in [5, 5.41) is 11.5. The van der Waals surface area contributed by atoms with Crippen molar-refractivity contribution in [3.63, 3.8) is 0 Å². The monoisotopic (exact) mass is 256 g/mol. The zero-order chi connectivity index (χ0) is 12.6. The second-order valence-corrected chi connectivity index (χ2v) is 4.74. The van der Waals surface area contributed by atoms with Gasteiger partial charge in [0.2, 0.25) is 5.91 Å². The molecule has 17 heavy (non-hydrogen) atoms. The van der Waals surface area contributed by atoms with Crippen molar-refractivity contribution in [3.05, 3.63) is 16.1 Å². The third-order valence-electron chi connectivity index (χ3n) is 2.62. The van der Waals surface area contributed by atoms with Crippen molar-refractivity contribution in [3.8, 4) is 0 Å². The van der Waals surface area contributed by atoms with Gasteiger partial charge in [0.1, 0.15) is 17.7 Å². The van der Waals surface area contributed by atoms with Gasteiger partial charge in [-0.25, -0.2) is 9.78 Å². The van der Waals surface area contributed by atoms with Crippen molar-refractivity contribution in [2.24, 2.45) is 0 Å². The van der Waals surface area contributed by atoms with Gasteiger partial charge in [-0.15, -0.1) is 11.3 Å². The lowest BCUT2D eigenvalue weighted by atomic mass is 10.1. The molecule has 1 aromatic rings. The van der Waals surface area contributed by atoms with Gasteiger partial charge in [0.05, 0.1) is 0 Å². The minimum absolute atomic E-state index is 0.200. The van der Waals surface area contributed by atoms with Gasteiger partial charge >= 0.3 is 5.97 Å². The molecule has 0 aliphatic carbocycles. The van der Waals surface area contributed by atoms with E-state index in [-0.39, 0.29) is 12.5 Å². The quantitative estimate of drug-likeness (QED) is 0.830. The molecular weight excluding hydrogens is 244 g/mol. The fourth-order valence-corrected chi connectivity index (χ4v) is 2.68. The number of likely N-dealkylation sites (N-methyl/N-ethyl adjacent to an activating group) is 1. The smallest absolute Gasteiger partial charge is 0.335 e. The topological polar surface area (TPSA) is 79.7 Å². The normalized spacial score (nSPS) is 25.1. The van der Waals surface area contributed by atoms with Crippen LogP contribution in [0.15, 0.2) is 5.38 Å². The predicted molar refractivity (Wildman–Crippen MR) is 59.7 cm³/mol. The van der Waals surface area contributed by atoms with Crippen LogP contribution in [0.4, 0.5) is 0 Å². The molecule has 1 saturated heterocycles. The summed E-state index contributed by atoms with van der Waals surface area (Å²) in [6.45, 7) is 1.62. The van der Waals surface area contributed by atoms with E-state index in [0.29, 0.717) is 5.01 Å². The second-order valence-electron chi connectivity index (χ2n) is 3.85. The van der Waals surface area contributed by atoms with Crippen LogP contribution in [0.25, 0.3) is 0 Å². The highest BCUT2D eigenvalue weighted by atomic mass is 32.1. The number of thiazole rings is 1. The van der Waals surface area contributed by atoms with Crippen LogP contribution in [-0.2, 0) is 14.3 Å². The number of ether oxygens (including phenoxy) is 1. The Hall–Kier alpha value is -1.47. The highest BCUT2D eigenvalue weighted by Crippen LogP contribution is 2.31. The molecule has 1 N–H and O–H groups in total. The first-order chi connectivity index (χ1) is 8.00. The Kier molecular flexibility index (Phi) is 3.12. The molecule has 0 bridgehead atoms. The number of carbonyl (C=O) groups is 2. The number of morpholine rings is 1. The van der Waals surface area contributed by atoms with Crippen molar-refractivity contribution >= 4 is 23.2 Å². The molecule has 0 saturated carbocycles. The molecule has 0 aromatic carbocycles. The summed E-state index contributed by atoms with van der Waals surface area (Å²) >= 11 is 1.33. The van der Waals surface area contributed by atoms with Crippen LogP contribution in [0.3, 0.4) is 0 Å². The van der Waals surface area contributed by atoms with Crippen LogP contribution in [0.5, 0.6) is 0 Å². The van der Waals surface area contributed by atoms with Crippen LogP contribution in [0.2, 0.25) is 0 Å². The van der Waals surface area contributed by atoms with Crippen LogP contribution < -0.4 is 0 Å². The van der Waals surface area contributed by atoms with Gasteiger partial charge < -0.3 is 14.7 Å². The number of aliphatic carboxylic acids is 1. The van der Waals surface area contributed by atoms with Crippen LogP contribution in [0, 0.1) is 6.92 Å². The van der Waals surface area contributed by atoms with Crippen molar-refractivity contribution < 1.29 is 19.4 Å². The summed E-state index contributed by atoms with van der Waals surface area (Å²) in [6, 6.07) is -0.646. The molecule has 1 aliphatic heterocycles. The first-order valence-electron chi connectivity index (χ1n) is 5.03. The average Bonchev–Trinajstić information content (AvgIpc) is 2.68. The van der Waals surface area contributed by atoms with Gasteiger partial charge in [0.15, 0.2) is 6.10 Å². The maximum atomic E-state index is 11.5. The number of carboxylic acids is 1. The van der Waals surface area contributed by atoms with Gasteiger partial charge in [-0.3, -0.25) is 4.79 Å². The zero-order valence-electron chi connectivity index (χ0n) is 9.41. The lowest BCUT2D eigenvalue weighted by molar-refractivity contribution is -0.171. The summed E-state index contributed by atoms with van der Waals surface area (Å²) in [6.07, 6.45) is -1.05. The predicted octanol–water partition coefficient (Wildman–Crippen LogP) is 0.434. The third-order valence-corrected chi connectivity index (χ3v) is 3.65. The maximum absolute atomic E-state index is 11.5. The summed E-state index contributed by atoms with van der Waals surface area (Å²) in [4.78, 5) is 28.3. The van der Waals surface area contributed by atoms with E-state index in [1.54, 1.807) is 7.05 Å². The fourth-order valence-electron chi connectivity index (χ4n) is 1.72. The number of nitrogens with zero attached hydrogens (tertiary/aromatic N) is 2. The molecular formula is C10H12N2O4S. The van der Waals surface area contributed by atoms with Gasteiger partial charge in [0.25, 0.3) is 0 Å². The van der Waals surface area contributed by atoms with Crippen LogP contribution in [-0.4, -0.2) is 46.6 Å². The van der Waals surface area contributed by atoms with Crippen LogP contribution in [0.1, 0.15) is 16.7 Å². The molecule has 7 heteroatoms. The van der Waals surface area contributed by atoms with Crippen LogP contribution >= 0.6 is 11.3 Å². The molecule has 1 fully saturated rings. The standard InChI is InChI=1S/C10H12N2O4S/c1-5-4-17-9(11-5)7-8(10(14)15)16-3-6(13)12(7)2/h4,7-8H,3H2,1-2H3,(H,14,15). The molecule has 1 aliphatic rings. The van der Waals surface area contributed by atoms with E-state index >= 15 is 0 Å². The molecule has 92 valence electrons. The number of amides is 1. The maximum Gasteiger partial charge on any atom is 0.335 e. The van der Waals surface area contributed by atoms with E-state index in [2.05, 4.69) is 4.98 Å². The summed E-state index contributed by atoms with van der Waals surface area (Å²) in [5.74, 6) is -1.32. The fraction of sp³-hybridized carbons (Fsp3) is 0.500. The zero-order valence-corrected chi connectivity index (χ0v) is 10.2. The lowest BCUT2D eigenvalue weighted by Gasteiger charge is -2.35. The van der Waals surface area contributed by atoms with Crippen molar-refractivity contribution in [1.29, 1.82) is 0 Å². The van der Waals surface area contributed by atoms with E-state index in [0.717, 1.165) is 5.69 Å². The molecule has 6 nitrogen and oxygen atoms in total. The second kappa shape index (κ2) is 4.42. The molecule has 1 aromatic heterocycles. The number of aryl methyl sites for hydroxylation is 1. The number of carboxylic acid groups (broad SMARTS) is 1. The molecule has 2 atom stereocenters. The summed E-state index contributed by atoms with van der Waals surface area (Å²) in [7, 11) is 1.57. The first-order valence-corrected chi connectivity index (χ1v) is 5.90. The SMILES string of the molecule is Cc1csc(C2C(C(=O)O)OCC(=O)N2C)n1. The Labute approximate surface area is 102 Å². The van der Waals surface area contributed by atoms with E-state index < -0.39 is 18.1 Å². The number of hydrogen-bond acceptors (Lipinski definition) is 5. The van der Waals surface area contributed by atoms with Crippen molar-refractivity contribution in [1.82, 2.24) is 9.88 Å². The highest BCUT2D eigenvalue weighted by molar-refractivity contribution is 7.09. The molecule has 2 unspecified atom stereocenters. The number of carbonyl (C=O) groups excluding carboxylic acids is 1. The van der Waals surface area contributed by atoms with Gasteiger partial charge in [-0.1, -0.05) is 0 Å². The van der Waals surface area contributed by atoms with Gasteiger partial charge in [-0.05, 0) is 6.92 Å². The number of aromatic nitrogens is 1. The van der Waals surface area contributed by atoms with E-state index in [1.807, 2.05) is 12.3 Å². The molecule has 0 radical (unpaired) electrons. The summed E-state index contributed by atoms with van der Waals surface area (Å²) < 4.78 is 5.07. The largest absolute Gasteiger partial charge is 0.479 e. The number of rotatable bonds is 2. The molecule has 2 heterocycles. The van der Waals surface area contributed by atoms with Gasteiger partial charge in [-0.2, -0.15) is 0 Å². The Morgan fingerprint density at radius 3 is 2.94 bits per heavy atom. The highest BCUT2D eigenvalue weighted by Gasteiger charge is 2.41. The Morgan fingerprint density at radius 1 is 1.71 bits per heavy atom. The first kappa shape index (κ1) is 12.0. The number of hydrogen-bond donors (Lipinski definition) is 1. The van der Waals surface area contributed by atoms with Crippen molar-refractivity contribution in [2.75, 3.05) is 13.7 Å². The summed E-state index contributed by atoms with van der Waals surface area (Å²) in [5.41, 5.74) is 0.806. The molecule has 2 rings (SSSR count). The molecule has 1 amide bonds. The van der Waals surface area contributed by atoms with Gasteiger partial charge in [0, 0.05) is 18.1 Å². The van der Waals surface area contributed by atoms with E-state index in [1.165, 1.54) is 16.2 Å². The minimum Gasteiger partial charge on any atom is -0.479 e. The van der Waals surface area contributed by atoms with E-state index in [9.17, 15) is 9.59 Å².